The first-order valence-electron chi connectivity index (χ1n) is 9.09. The first-order chi connectivity index (χ1) is 13.4. The molecule has 0 spiro atoms. The number of nitrogens with zero attached hydrogens (tertiary/aromatic N) is 1. The molecule has 1 aromatic carbocycles. The SMILES string of the molecule is CC(C)OCCCN1C(=O)C(O)=C(C(=O)c2cccs2)[C@H]1c1ccc(F)cc1. The van der Waals surface area contributed by atoms with E-state index >= 15 is 0 Å². The van der Waals surface area contributed by atoms with Crippen molar-refractivity contribution in [1.82, 2.24) is 4.90 Å². The molecule has 1 aliphatic heterocycles. The van der Waals surface area contributed by atoms with Crippen LogP contribution in [0.15, 0.2) is 53.1 Å². The zero-order valence-electron chi connectivity index (χ0n) is 15.7. The molecular weight excluding hydrogens is 381 g/mol. The van der Waals surface area contributed by atoms with E-state index in [0.717, 1.165) is 0 Å². The molecule has 2 heterocycles. The van der Waals surface area contributed by atoms with E-state index < -0.39 is 29.3 Å². The summed E-state index contributed by atoms with van der Waals surface area (Å²) in [5.74, 6) is -1.95. The third-order valence-electron chi connectivity index (χ3n) is 4.47. The lowest BCUT2D eigenvalue weighted by atomic mass is 9.95. The van der Waals surface area contributed by atoms with Crippen molar-refractivity contribution in [3.05, 3.63) is 69.4 Å². The summed E-state index contributed by atoms with van der Waals surface area (Å²) in [5, 5.41) is 12.3. The zero-order chi connectivity index (χ0) is 20.3. The van der Waals surface area contributed by atoms with Crippen LogP contribution in [0.4, 0.5) is 4.39 Å². The maximum atomic E-state index is 13.4. The number of benzene rings is 1. The highest BCUT2D eigenvalue weighted by molar-refractivity contribution is 7.12. The number of aliphatic hydroxyl groups is 1. The minimum atomic E-state index is -0.762. The van der Waals surface area contributed by atoms with Gasteiger partial charge < -0.3 is 14.7 Å². The van der Waals surface area contributed by atoms with Crippen LogP contribution in [0.5, 0.6) is 0 Å². The molecule has 3 rings (SSSR count). The molecule has 0 unspecified atom stereocenters. The van der Waals surface area contributed by atoms with Crippen LogP contribution in [0.3, 0.4) is 0 Å². The highest BCUT2D eigenvalue weighted by Crippen LogP contribution is 2.39. The molecule has 1 aliphatic rings. The number of Topliss-reactive ketones (excluding diaryl/α,β-unsaturated/α-hetero) is 1. The molecule has 0 aliphatic carbocycles. The fourth-order valence-corrected chi connectivity index (χ4v) is 3.88. The summed E-state index contributed by atoms with van der Waals surface area (Å²) in [6.07, 6.45) is 0.625. The number of ether oxygens (including phenoxy) is 1. The van der Waals surface area contributed by atoms with Crippen LogP contribution in [0, 0.1) is 5.82 Å². The molecule has 0 saturated carbocycles. The number of hydrogen-bond donors (Lipinski definition) is 1. The average molecular weight is 403 g/mol. The van der Waals surface area contributed by atoms with Crippen molar-refractivity contribution >= 4 is 23.0 Å². The topological polar surface area (TPSA) is 66.8 Å². The quantitative estimate of drug-likeness (QED) is 0.528. The van der Waals surface area contributed by atoms with Crippen molar-refractivity contribution < 1.29 is 23.8 Å². The summed E-state index contributed by atoms with van der Waals surface area (Å²) in [5.41, 5.74) is 0.604. The summed E-state index contributed by atoms with van der Waals surface area (Å²) in [6, 6.07) is 8.25. The van der Waals surface area contributed by atoms with Crippen molar-refractivity contribution in [2.45, 2.75) is 32.4 Å². The Morgan fingerprint density at radius 3 is 2.61 bits per heavy atom. The summed E-state index contributed by atoms with van der Waals surface area (Å²) in [7, 11) is 0. The molecule has 0 radical (unpaired) electrons. The summed E-state index contributed by atoms with van der Waals surface area (Å²) in [4.78, 5) is 27.6. The number of carbonyl (C=O) groups is 2. The Bertz CT molecular complexity index is 874. The standard InChI is InChI=1S/C21H22FNO4S/c1-13(2)27-11-4-10-23-18(14-6-8-15(22)9-7-14)17(20(25)21(23)26)19(24)16-5-3-12-28-16/h3,5-9,12-13,18,25H,4,10-11H2,1-2H3/t18-/m1/s1. The van der Waals surface area contributed by atoms with E-state index in [4.69, 9.17) is 4.74 Å². The normalized spacial score (nSPS) is 17.1. The molecule has 148 valence electrons. The second kappa shape index (κ2) is 8.67. The summed E-state index contributed by atoms with van der Waals surface area (Å²) in [6.45, 7) is 4.60. The number of hydrogen-bond acceptors (Lipinski definition) is 5. The number of carbonyl (C=O) groups excluding carboxylic acids is 2. The molecule has 1 N–H and O–H groups in total. The fraction of sp³-hybridized carbons (Fsp3) is 0.333. The van der Waals surface area contributed by atoms with E-state index in [9.17, 15) is 19.1 Å². The van der Waals surface area contributed by atoms with E-state index in [0.29, 0.717) is 30.0 Å². The van der Waals surface area contributed by atoms with Crippen molar-refractivity contribution in [3.8, 4) is 0 Å². The largest absolute Gasteiger partial charge is 0.503 e. The number of aliphatic hydroxyl groups excluding tert-OH is 1. The number of thiophene rings is 1. The lowest BCUT2D eigenvalue weighted by Crippen LogP contribution is -2.32. The molecule has 0 fully saturated rings. The highest BCUT2D eigenvalue weighted by atomic mass is 32.1. The van der Waals surface area contributed by atoms with Crippen molar-refractivity contribution in [2.75, 3.05) is 13.2 Å². The Morgan fingerprint density at radius 2 is 2.00 bits per heavy atom. The third kappa shape index (κ3) is 4.15. The fourth-order valence-electron chi connectivity index (χ4n) is 3.20. The van der Waals surface area contributed by atoms with Gasteiger partial charge in [0, 0.05) is 13.2 Å². The average Bonchev–Trinajstić information content (AvgIpc) is 3.28. The van der Waals surface area contributed by atoms with Crippen molar-refractivity contribution in [1.29, 1.82) is 0 Å². The van der Waals surface area contributed by atoms with Crippen molar-refractivity contribution in [3.63, 3.8) is 0 Å². The van der Waals surface area contributed by atoms with Crippen LogP contribution < -0.4 is 0 Å². The molecular formula is C21H22FNO4S. The van der Waals surface area contributed by atoms with Crippen LogP contribution in [-0.4, -0.2) is 41.0 Å². The van der Waals surface area contributed by atoms with Gasteiger partial charge in [-0.05, 0) is 49.4 Å². The van der Waals surface area contributed by atoms with Gasteiger partial charge in [0.05, 0.1) is 22.6 Å². The van der Waals surface area contributed by atoms with E-state index in [1.807, 2.05) is 13.8 Å². The minimum absolute atomic E-state index is 0.0313. The van der Waals surface area contributed by atoms with Crippen LogP contribution >= 0.6 is 11.3 Å². The highest BCUT2D eigenvalue weighted by Gasteiger charge is 2.43. The minimum Gasteiger partial charge on any atom is -0.503 e. The van der Waals surface area contributed by atoms with Gasteiger partial charge in [0.1, 0.15) is 5.82 Å². The Morgan fingerprint density at radius 1 is 1.29 bits per heavy atom. The zero-order valence-corrected chi connectivity index (χ0v) is 16.5. The van der Waals surface area contributed by atoms with Crippen molar-refractivity contribution in [2.24, 2.45) is 0 Å². The van der Waals surface area contributed by atoms with Gasteiger partial charge in [0.25, 0.3) is 5.91 Å². The van der Waals surface area contributed by atoms with Gasteiger partial charge >= 0.3 is 0 Å². The van der Waals surface area contributed by atoms with Crippen LogP contribution in [-0.2, 0) is 9.53 Å². The molecule has 7 heteroatoms. The van der Waals surface area contributed by atoms with Crippen LogP contribution in [0.1, 0.15) is 41.5 Å². The predicted octanol–water partition coefficient (Wildman–Crippen LogP) is 4.28. The third-order valence-corrected chi connectivity index (χ3v) is 5.34. The number of ketones is 1. The molecule has 28 heavy (non-hydrogen) atoms. The van der Waals surface area contributed by atoms with Crippen LogP contribution in [0.2, 0.25) is 0 Å². The van der Waals surface area contributed by atoms with Gasteiger partial charge in [0.15, 0.2) is 5.76 Å². The van der Waals surface area contributed by atoms with Gasteiger partial charge in [-0.2, -0.15) is 0 Å². The van der Waals surface area contributed by atoms with E-state index in [2.05, 4.69) is 0 Å². The molecule has 5 nitrogen and oxygen atoms in total. The maximum Gasteiger partial charge on any atom is 0.290 e. The molecule has 1 amide bonds. The Balaban J connectivity index is 1.93. The smallest absolute Gasteiger partial charge is 0.290 e. The lowest BCUT2D eigenvalue weighted by Gasteiger charge is -2.27. The molecule has 1 atom stereocenters. The number of amides is 1. The Labute approximate surface area is 167 Å². The van der Waals surface area contributed by atoms with E-state index in [-0.39, 0.29) is 11.7 Å². The van der Waals surface area contributed by atoms with Gasteiger partial charge in [-0.3, -0.25) is 9.59 Å². The monoisotopic (exact) mass is 403 g/mol. The molecule has 0 bridgehead atoms. The second-order valence-electron chi connectivity index (χ2n) is 6.79. The first kappa shape index (κ1) is 20.2. The molecule has 0 saturated heterocycles. The summed E-state index contributed by atoms with van der Waals surface area (Å²) < 4.78 is 18.9. The number of halogens is 1. The van der Waals surface area contributed by atoms with Gasteiger partial charge in [-0.15, -0.1) is 11.3 Å². The molecule has 1 aromatic heterocycles. The first-order valence-corrected chi connectivity index (χ1v) is 9.97. The van der Waals surface area contributed by atoms with Gasteiger partial charge in [0.2, 0.25) is 5.78 Å². The second-order valence-corrected chi connectivity index (χ2v) is 7.74. The van der Waals surface area contributed by atoms with E-state index in [1.54, 1.807) is 17.5 Å². The maximum absolute atomic E-state index is 13.4. The van der Waals surface area contributed by atoms with E-state index in [1.165, 1.54) is 40.5 Å². The Hall–Kier alpha value is -2.51. The number of rotatable bonds is 8. The lowest BCUT2D eigenvalue weighted by molar-refractivity contribution is -0.129. The summed E-state index contributed by atoms with van der Waals surface area (Å²) >= 11 is 1.24. The molecule has 2 aromatic rings. The Kier molecular flexibility index (Phi) is 6.26. The van der Waals surface area contributed by atoms with Crippen LogP contribution in [0.25, 0.3) is 0 Å². The predicted molar refractivity (Wildman–Crippen MR) is 105 cm³/mol. The van der Waals surface area contributed by atoms with Gasteiger partial charge in [-0.25, -0.2) is 4.39 Å². The van der Waals surface area contributed by atoms with Gasteiger partial charge in [-0.1, -0.05) is 18.2 Å².